The fourth-order valence-electron chi connectivity index (χ4n) is 7.10. The monoisotopic (exact) mass is 1090 g/mol. The van der Waals surface area contributed by atoms with Gasteiger partial charge in [-0.15, -0.1) is 0 Å². The van der Waals surface area contributed by atoms with E-state index < -0.39 is 122 Å². The maximum absolute atomic E-state index is 13.8. The van der Waals surface area contributed by atoms with E-state index in [1.807, 2.05) is 23.2 Å². The van der Waals surface area contributed by atoms with Gasteiger partial charge < -0.3 is 38.2 Å². The maximum Gasteiger partial charge on any atom is 0.459 e. The number of nitrogens with one attached hydrogen (secondary N) is 4. The van der Waals surface area contributed by atoms with Crippen LogP contribution >= 0.6 is 15.3 Å². The number of nitro groups is 1. The molecule has 0 bridgehead atoms. The average molecular weight is 1090 g/mol. The van der Waals surface area contributed by atoms with E-state index in [2.05, 4.69) is 10.2 Å². The number of aromatic nitrogens is 4. The summed E-state index contributed by atoms with van der Waals surface area (Å²) in [6.45, 7) is 3.15. The number of aromatic amines is 2. The lowest BCUT2D eigenvalue weighted by Crippen LogP contribution is -2.36. The smallest absolute Gasteiger partial charge is 0.459 e. The van der Waals surface area contributed by atoms with Crippen LogP contribution < -0.4 is 37.2 Å². The summed E-state index contributed by atoms with van der Waals surface area (Å²) >= 11 is 0. The lowest BCUT2D eigenvalue weighted by Gasteiger charge is -2.24. The highest BCUT2D eigenvalue weighted by atomic mass is 31.2. The lowest BCUT2D eigenvalue weighted by molar-refractivity contribution is -0.384. The third-order valence-electron chi connectivity index (χ3n) is 11.0. The predicted molar refractivity (Wildman–Crippen MR) is 256 cm³/mol. The summed E-state index contributed by atoms with van der Waals surface area (Å²) < 4.78 is 93.2. The largest absolute Gasteiger partial charge is 0.460 e. The number of aliphatic hydroxyl groups excluding tert-OH is 2. The Kier molecular flexibility index (Phi) is 19.6. The summed E-state index contributed by atoms with van der Waals surface area (Å²) in [7, 11) is -7.98. The standard InChI is InChI=1S/C25H26FN4O11P.C20H25FN3O8P/c1-15(24(33)38-13-16-5-3-2-4-6-16)28-42(37,41-18-9-7-17(8-10-18)30(35)36)39-14-21-20(31)11-22(40-21)29-12-19(26)23(32)27-25(29)34;1-12(19(27)30-10-13-6-4-3-5-7-13)23-33(2,29)31-11-16-15(25)8-17(32-16)24-9-14(21)18(26)22-20(24)28/h2-10,12,15,20-22,31H,11,13-14H2,1H3,(H,28,37)(H,27,32,34);3-7,9,12,15-17,25H,8,10-11H2,1-2H3,(H,23,29)(H,22,26,28)/t15-,20?,21+,22+,42-;12-,15?,16+,17+,33-/m00/s1. The number of hydrogen-bond donors (Lipinski definition) is 6. The molecule has 7 rings (SSSR count). The minimum atomic E-state index is -4.47. The number of carbonyl (C=O) groups is 2. The predicted octanol–water partition coefficient (Wildman–Crippen LogP) is 3.04. The van der Waals surface area contributed by atoms with Gasteiger partial charge in [0.2, 0.25) is 11.6 Å². The molecule has 4 heterocycles. The number of nitro benzene ring substituents is 1. The van der Waals surface area contributed by atoms with Crippen LogP contribution in [-0.2, 0) is 59.9 Å². The molecule has 26 nitrogen and oxygen atoms in total. The number of non-ortho nitro benzene ring substituents is 1. The fraction of sp³-hybridized carbons (Fsp3) is 0.378. The summed E-state index contributed by atoms with van der Waals surface area (Å²) in [6, 6.07) is 20.2. The Morgan fingerprint density at radius 2 is 1.16 bits per heavy atom. The highest BCUT2D eigenvalue weighted by Gasteiger charge is 2.41. The zero-order chi connectivity index (χ0) is 54.6. The first-order valence-corrected chi connectivity index (χ1v) is 26.2. The second-order valence-electron chi connectivity index (χ2n) is 16.8. The minimum absolute atomic E-state index is 0.0612. The van der Waals surface area contributed by atoms with Crippen LogP contribution in [0.25, 0.3) is 0 Å². The molecule has 3 aromatic carbocycles. The van der Waals surface area contributed by atoms with Crippen LogP contribution in [0.2, 0.25) is 0 Å². The van der Waals surface area contributed by atoms with Crippen molar-refractivity contribution in [2.24, 2.45) is 0 Å². The van der Waals surface area contributed by atoms with Crippen LogP contribution in [-0.4, -0.2) is 103 Å². The van der Waals surface area contributed by atoms with Gasteiger partial charge in [0.1, 0.15) is 55.7 Å². The maximum atomic E-state index is 13.8. The molecule has 2 aliphatic heterocycles. The summed E-state index contributed by atoms with van der Waals surface area (Å²) in [4.78, 5) is 85.2. The topological polar surface area (TPSA) is 350 Å². The second-order valence-corrected chi connectivity index (χ2v) is 20.7. The fourth-order valence-corrected chi connectivity index (χ4v) is 9.92. The van der Waals surface area contributed by atoms with Crippen LogP contribution in [0.1, 0.15) is 50.3 Å². The van der Waals surface area contributed by atoms with Gasteiger partial charge in [0.25, 0.3) is 24.3 Å². The highest BCUT2D eigenvalue weighted by Crippen LogP contribution is 2.46. The number of carbonyl (C=O) groups excluding carboxylic acids is 2. The van der Waals surface area contributed by atoms with Crippen molar-refractivity contribution < 1.29 is 75.2 Å². The number of esters is 2. The molecule has 0 aliphatic carbocycles. The molecule has 2 saturated heterocycles. The van der Waals surface area contributed by atoms with E-state index in [1.165, 1.54) is 32.6 Å². The molecule has 30 heteroatoms. The van der Waals surface area contributed by atoms with Crippen LogP contribution in [0, 0.1) is 21.7 Å². The van der Waals surface area contributed by atoms with E-state index in [0.29, 0.717) is 18.0 Å². The Labute approximate surface area is 422 Å². The molecule has 6 N–H and O–H groups in total. The molecular formula is C45H51F2N7O19P2. The summed E-state index contributed by atoms with van der Waals surface area (Å²) in [5.41, 5.74) is -3.00. The first-order valence-electron chi connectivity index (χ1n) is 22.6. The first-order chi connectivity index (χ1) is 35.5. The zero-order valence-corrected chi connectivity index (χ0v) is 41.7. The number of rotatable bonds is 21. The van der Waals surface area contributed by atoms with Crippen molar-refractivity contribution in [1.29, 1.82) is 0 Å². The number of H-pyrrole nitrogens is 2. The number of ether oxygens (including phenoxy) is 4. The quantitative estimate of drug-likeness (QED) is 0.0266. The molecule has 10 atom stereocenters. The molecule has 2 aliphatic rings. The van der Waals surface area contributed by atoms with Crippen LogP contribution in [0.15, 0.2) is 117 Å². The molecule has 0 saturated carbocycles. The number of aliphatic hydroxyl groups is 2. The van der Waals surface area contributed by atoms with E-state index in [-0.39, 0.29) is 44.1 Å². The molecule has 75 heavy (non-hydrogen) atoms. The van der Waals surface area contributed by atoms with E-state index in [9.17, 15) is 67.0 Å². The Bertz CT molecular complexity index is 3130. The van der Waals surface area contributed by atoms with E-state index in [1.54, 1.807) is 47.4 Å². The van der Waals surface area contributed by atoms with Crippen molar-refractivity contribution >= 4 is 32.9 Å². The molecule has 0 spiro atoms. The zero-order valence-electron chi connectivity index (χ0n) is 39.9. The minimum Gasteiger partial charge on any atom is -0.460 e. The number of hydrogen-bond acceptors (Lipinski definition) is 19. The number of halogens is 2. The summed E-state index contributed by atoms with van der Waals surface area (Å²) in [5.74, 6) is -3.95. The molecule has 5 aromatic rings. The van der Waals surface area contributed by atoms with E-state index >= 15 is 0 Å². The average Bonchev–Trinajstić information content (AvgIpc) is 3.94. The Morgan fingerprint density at radius 3 is 1.60 bits per heavy atom. The first kappa shape index (κ1) is 57.4. The van der Waals surface area contributed by atoms with E-state index in [4.69, 9.17) is 32.5 Å². The van der Waals surface area contributed by atoms with Gasteiger partial charge in [-0.2, -0.15) is 13.9 Å². The van der Waals surface area contributed by atoms with Crippen molar-refractivity contribution in [3.05, 3.63) is 172 Å². The number of nitrogens with zero attached hydrogens (tertiary/aromatic N) is 3. The van der Waals surface area contributed by atoms with Crippen molar-refractivity contribution in [3.63, 3.8) is 0 Å². The Balaban J connectivity index is 0.000000251. The Morgan fingerprint density at radius 1 is 0.733 bits per heavy atom. The molecular weight excluding hydrogens is 1040 g/mol. The van der Waals surface area contributed by atoms with Gasteiger partial charge in [-0.1, -0.05) is 60.7 Å². The lowest BCUT2D eigenvalue weighted by atomic mass is 10.2. The van der Waals surface area contributed by atoms with Gasteiger partial charge in [-0.05, 0) is 37.1 Å². The molecule has 2 fully saturated rings. The Hall–Kier alpha value is -6.84. The van der Waals surface area contributed by atoms with Gasteiger partial charge in [-0.25, -0.2) is 19.2 Å². The molecule has 0 radical (unpaired) electrons. The van der Waals surface area contributed by atoms with Crippen molar-refractivity contribution in [3.8, 4) is 5.75 Å². The molecule has 0 amide bonds. The van der Waals surface area contributed by atoms with Crippen LogP contribution in [0.4, 0.5) is 14.5 Å². The summed E-state index contributed by atoms with van der Waals surface area (Å²) in [6.07, 6.45) is -5.77. The van der Waals surface area contributed by atoms with Crippen LogP contribution in [0.3, 0.4) is 0 Å². The molecule has 2 aromatic heterocycles. The van der Waals surface area contributed by atoms with Gasteiger partial charge in [-0.3, -0.25) is 57.5 Å². The van der Waals surface area contributed by atoms with E-state index in [0.717, 1.165) is 26.8 Å². The normalized spacial score (nSPS) is 21.6. The van der Waals surface area contributed by atoms with Crippen molar-refractivity contribution in [1.82, 2.24) is 29.3 Å². The second kappa shape index (κ2) is 25.6. The third-order valence-corrected chi connectivity index (χ3v) is 14.1. The van der Waals surface area contributed by atoms with Gasteiger partial charge in [0, 0.05) is 31.6 Å². The van der Waals surface area contributed by atoms with Crippen molar-refractivity contribution in [2.45, 2.75) is 88.9 Å². The van der Waals surface area contributed by atoms with Gasteiger partial charge in [0.15, 0.2) is 0 Å². The van der Waals surface area contributed by atoms with Gasteiger partial charge >= 0.3 is 31.1 Å². The molecule has 2 unspecified atom stereocenters. The number of benzene rings is 3. The SMILES string of the molecule is C[C@H](N[P@@](C)(=O)OC[C@H]1O[C@@H](n2cc(F)c(=O)[nH]c2=O)CC1O)C(=O)OCc1ccccc1.C[C@H](N[P@](=O)(OC[C@H]1O[C@@H](n2cc(F)c(=O)[nH]c2=O)CC1O)Oc1ccc([N+](=O)[O-])cc1)C(=O)OCc1ccccc1. The molecule has 404 valence electrons. The van der Waals surface area contributed by atoms with Crippen molar-refractivity contribution in [2.75, 3.05) is 19.9 Å². The third kappa shape index (κ3) is 16.3. The van der Waals surface area contributed by atoms with Crippen LogP contribution in [0.5, 0.6) is 5.75 Å². The summed E-state index contributed by atoms with van der Waals surface area (Å²) in [5, 5.41) is 36.7. The van der Waals surface area contributed by atoms with Gasteiger partial charge in [0.05, 0.1) is 42.7 Å². The highest BCUT2D eigenvalue weighted by molar-refractivity contribution is 7.56.